The molecule has 0 fully saturated rings. The second-order valence-electron chi connectivity index (χ2n) is 7.43. The lowest BCUT2D eigenvalue weighted by Crippen LogP contribution is -2.15. The molecule has 1 aliphatic heterocycles. The molecule has 0 aliphatic carbocycles. The van der Waals surface area contributed by atoms with E-state index in [0.717, 1.165) is 0 Å². The summed E-state index contributed by atoms with van der Waals surface area (Å²) in [6.07, 6.45) is 1.45. The Morgan fingerprint density at radius 3 is 2.38 bits per heavy atom. The lowest BCUT2D eigenvalue weighted by Gasteiger charge is -2.10. The lowest BCUT2D eigenvalue weighted by atomic mass is 10.2. The summed E-state index contributed by atoms with van der Waals surface area (Å²) >= 11 is 0. The molecule has 1 aromatic heterocycles. The predicted octanol–water partition coefficient (Wildman–Crippen LogP) is 5.09. The Hall–Kier alpha value is -4.72. The maximum Gasteiger partial charge on any atom is 0.291 e. The minimum atomic E-state index is -0.420. The second-order valence-corrected chi connectivity index (χ2v) is 7.43. The SMILES string of the molecule is O=C(Nc1cccc(NC(=O)c2occc2COc2ccccc2)c1)c1ccc2c(c1)OCO2. The van der Waals surface area contributed by atoms with Crippen LogP contribution in [0.3, 0.4) is 0 Å². The standard InChI is InChI=1S/C26H20N2O6/c29-25(17-9-10-22-23(13-17)34-16-33-22)27-19-5-4-6-20(14-19)28-26(30)24-18(11-12-31-24)15-32-21-7-2-1-3-8-21/h1-14H,15-16H2,(H,27,29)(H,28,30). The predicted molar refractivity (Wildman–Crippen MR) is 124 cm³/mol. The highest BCUT2D eigenvalue weighted by molar-refractivity contribution is 6.06. The smallest absolute Gasteiger partial charge is 0.291 e. The third kappa shape index (κ3) is 4.71. The van der Waals surface area contributed by atoms with Gasteiger partial charge in [0.2, 0.25) is 6.79 Å². The number of benzene rings is 3. The van der Waals surface area contributed by atoms with Crippen LogP contribution in [-0.2, 0) is 6.61 Å². The van der Waals surface area contributed by atoms with Crippen molar-refractivity contribution in [1.82, 2.24) is 0 Å². The van der Waals surface area contributed by atoms with Crippen molar-refractivity contribution in [3.8, 4) is 17.2 Å². The summed E-state index contributed by atoms with van der Waals surface area (Å²) in [7, 11) is 0. The van der Waals surface area contributed by atoms with Crippen molar-refractivity contribution >= 4 is 23.2 Å². The minimum absolute atomic E-state index is 0.137. The molecule has 0 unspecified atom stereocenters. The Kier molecular flexibility index (Phi) is 5.85. The van der Waals surface area contributed by atoms with Gasteiger partial charge in [-0.3, -0.25) is 9.59 Å². The normalized spacial score (nSPS) is 11.6. The van der Waals surface area contributed by atoms with Crippen molar-refractivity contribution in [3.05, 3.63) is 102 Å². The molecule has 2 heterocycles. The number of amides is 2. The number of carbonyl (C=O) groups excluding carboxylic acids is 2. The highest BCUT2D eigenvalue weighted by Gasteiger charge is 2.18. The van der Waals surface area contributed by atoms with Gasteiger partial charge in [0, 0.05) is 22.5 Å². The van der Waals surface area contributed by atoms with Crippen molar-refractivity contribution in [2.45, 2.75) is 6.61 Å². The first-order valence-electron chi connectivity index (χ1n) is 10.5. The van der Waals surface area contributed by atoms with Crippen molar-refractivity contribution in [2.75, 3.05) is 17.4 Å². The summed E-state index contributed by atoms with van der Waals surface area (Å²) in [4.78, 5) is 25.4. The van der Waals surface area contributed by atoms with E-state index in [2.05, 4.69) is 10.6 Å². The molecule has 2 N–H and O–H groups in total. The fourth-order valence-electron chi connectivity index (χ4n) is 3.43. The third-order valence-electron chi connectivity index (χ3n) is 5.10. The molecule has 5 rings (SSSR count). The molecular formula is C26H20N2O6. The number of fused-ring (bicyclic) bond motifs is 1. The fraction of sp³-hybridized carbons (Fsp3) is 0.0769. The molecule has 170 valence electrons. The van der Waals surface area contributed by atoms with Crippen LogP contribution >= 0.6 is 0 Å². The number of rotatable bonds is 7. The molecule has 4 aromatic rings. The van der Waals surface area contributed by atoms with E-state index in [0.29, 0.717) is 39.8 Å². The van der Waals surface area contributed by atoms with E-state index in [-0.39, 0.29) is 25.1 Å². The molecule has 0 radical (unpaired) electrons. The summed E-state index contributed by atoms with van der Waals surface area (Å²) in [6.45, 7) is 0.326. The van der Waals surface area contributed by atoms with Crippen LogP contribution in [0.15, 0.2) is 89.5 Å². The van der Waals surface area contributed by atoms with Crippen LogP contribution in [0.25, 0.3) is 0 Å². The van der Waals surface area contributed by atoms with E-state index in [1.807, 2.05) is 30.3 Å². The van der Waals surface area contributed by atoms with Crippen molar-refractivity contribution < 1.29 is 28.2 Å². The second kappa shape index (κ2) is 9.41. The summed E-state index contributed by atoms with van der Waals surface area (Å²) in [5.74, 6) is 1.25. The van der Waals surface area contributed by atoms with E-state index in [1.165, 1.54) is 6.26 Å². The molecule has 0 atom stereocenters. The van der Waals surface area contributed by atoms with E-state index >= 15 is 0 Å². The van der Waals surface area contributed by atoms with Crippen molar-refractivity contribution in [2.24, 2.45) is 0 Å². The number of hydrogen-bond acceptors (Lipinski definition) is 6. The van der Waals surface area contributed by atoms with Gasteiger partial charge in [-0.25, -0.2) is 0 Å². The van der Waals surface area contributed by atoms with Crippen LogP contribution in [0.2, 0.25) is 0 Å². The van der Waals surface area contributed by atoms with Gasteiger partial charge in [-0.05, 0) is 54.6 Å². The van der Waals surface area contributed by atoms with Gasteiger partial charge in [-0.2, -0.15) is 0 Å². The average molecular weight is 456 g/mol. The molecule has 0 saturated heterocycles. The van der Waals surface area contributed by atoms with Crippen molar-refractivity contribution in [3.63, 3.8) is 0 Å². The lowest BCUT2D eigenvalue weighted by molar-refractivity contribution is 0.0992. The molecule has 8 nitrogen and oxygen atoms in total. The van der Waals surface area contributed by atoms with Gasteiger partial charge < -0.3 is 29.3 Å². The van der Waals surface area contributed by atoms with Gasteiger partial charge in [-0.1, -0.05) is 24.3 Å². The first-order valence-corrected chi connectivity index (χ1v) is 10.5. The summed E-state index contributed by atoms with van der Waals surface area (Å²) in [6, 6.07) is 22.8. The summed E-state index contributed by atoms with van der Waals surface area (Å²) in [5, 5.41) is 5.61. The number of nitrogens with one attached hydrogen (secondary N) is 2. The van der Waals surface area contributed by atoms with E-state index in [4.69, 9.17) is 18.6 Å². The van der Waals surface area contributed by atoms with E-state index in [1.54, 1.807) is 48.5 Å². The minimum Gasteiger partial charge on any atom is -0.489 e. The Morgan fingerprint density at radius 1 is 0.794 bits per heavy atom. The van der Waals surface area contributed by atoms with Crippen molar-refractivity contribution in [1.29, 1.82) is 0 Å². The molecular weight excluding hydrogens is 436 g/mol. The molecule has 2 amide bonds. The molecule has 34 heavy (non-hydrogen) atoms. The highest BCUT2D eigenvalue weighted by Crippen LogP contribution is 2.32. The zero-order valence-corrected chi connectivity index (χ0v) is 17.9. The van der Waals surface area contributed by atoms with Crippen LogP contribution in [0.1, 0.15) is 26.5 Å². The maximum absolute atomic E-state index is 12.8. The number of furan rings is 1. The van der Waals surface area contributed by atoms with Crippen LogP contribution < -0.4 is 24.8 Å². The number of ether oxygens (including phenoxy) is 3. The number of hydrogen-bond donors (Lipinski definition) is 2. The molecule has 0 bridgehead atoms. The van der Waals surface area contributed by atoms with Crippen LogP contribution in [0.4, 0.5) is 11.4 Å². The Bertz CT molecular complexity index is 1330. The van der Waals surface area contributed by atoms with E-state index in [9.17, 15) is 9.59 Å². The molecule has 8 heteroatoms. The van der Waals surface area contributed by atoms with Crippen LogP contribution in [-0.4, -0.2) is 18.6 Å². The zero-order chi connectivity index (χ0) is 23.3. The summed E-state index contributed by atoms with van der Waals surface area (Å²) in [5.41, 5.74) is 2.07. The van der Waals surface area contributed by atoms with E-state index < -0.39 is 5.91 Å². The van der Waals surface area contributed by atoms with Crippen LogP contribution in [0, 0.1) is 0 Å². The van der Waals surface area contributed by atoms with Gasteiger partial charge >= 0.3 is 0 Å². The van der Waals surface area contributed by atoms with Gasteiger partial charge in [0.15, 0.2) is 17.3 Å². The first-order chi connectivity index (χ1) is 16.7. The average Bonchev–Trinajstić information content (AvgIpc) is 3.52. The molecule has 1 aliphatic rings. The number of anilines is 2. The zero-order valence-electron chi connectivity index (χ0n) is 17.9. The van der Waals surface area contributed by atoms with Gasteiger partial charge in [0.1, 0.15) is 12.4 Å². The molecule has 0 spiro atoms. The Labute approximate surface area is 195 Å². The highest BCUT2D eigenvalue weighted by atomic mass is 16.7. The van der Waals surface area contributed by atoms with Crippen LogP contribution in [0.5, 0.6) is 17.2 Å². The maximum atomic E-state index is 12.8. The van der Waals surface area contributed by atoms with Gasteiger partial charge in [0.05, 0.1) is 6.26 Å². The van der Waals surface area contributed by atoms with Gasteiger partial charge in [0.25, 0.3) is 11.8 Å². The third-order valence-corrected chi connectivity index (χ3v) is 5.10. The number of carbonyl (C=O) groups is 2. The monoisotopic (exact) mass is 456 g/mol. The summed E-state index contributed by atoms with van der Waals surface area (Å²) < 4.78 is 21.7. The molecule has 0 saturated carbocycles. The largest absolute Gasteiger partial charge is 0.489 e. The Balaban J connectivity index is 1.23. The topological polar surface area (TPSA) is 99.0 Å². The quantitative estimate of drug-likeness (QED) is 0.402. The number of para-hydroxylation sites is 1. The van der Waals surface area contributed by atoms with Gasteiger partial charge in [-0.15, -0.1) is 0 Å². The molecule has 3 aromatic carbocycles. The fourth-order valence-corrected chi connectivity index (χ4v) is 3.43. The Morgan fingerprint density at radius 2 is 1.56 bits per heavy atom. The first kappa shape index (κ1) is 21.1.